The number of unbranched alkanes of at least 4 members (excludes halogenated alkanes) is 13. The fraction of sp³-hybridized carbons (Fsp3) is 0.689. The van der Waals surface area contributed by atoms with Crippen LogP contribution in [0.25, 0.3) is 0 Å². The third-order valence-electron chi connectivity index (χ3n) is 9.17. The van der Waals surface area contributed by atoms with Crippen LogP contribution in [0.2, 0.25) is 0 Å². The SMILES string of the molecule is CC/C=C/C=C/C=C/C=C/CCCCCCCC(=O)O[C@@H](COC(=O)CCCC/C=C/C/C=C/CCCCCCCC)CO[C@H]1O[C@@H](CO)[C@@H](O)C(O)C1O. The molecular formula is C45H74O10. The lowest BCUT2D eigenvalue weighted by atomic mass is 9.99. The fourth-order valence-electron chi connectivity index (χ4n) is 5.81. The van der Waals surface area contributed by atoms with Crippen LogP contribution in [-0.4, -0.2) is 89.0 Å². The second kappa shape index (κ2) is 35.5. The number of carbonyl (C=O) groups excluding carboxylic acids is 2. The Kier molecular flexibility index (Phi) is 32.4. The highest BCUT2D eigenvalue weighted by atomic mass is 16.7. The lowest BCUT2D eigenvalue weighted by molar-refractivity contribution is -0.305. The second-order valence-electron chi connectivity index (χ2n) is 14.1. The molecule has 1 heterocycles. The summed E-state index contributed by atoms with van der Waals surface area (Å²) in [5.41, 5.74) is 0. The van der Waals surface area contributed by atoms with Crippen molar-refractivity contribution in [3.05, 3.63) is 72.9 Å². The minimum Gasteiger partial charge on any atom is -0.462 e. The molecule has 0 bridgehead atoms. The molecule has 1 aliphatic rings. The molecule has 0 aliphatic carbocycles. The van der Waals surface area contributed by atoms with E-state index in [1.807, 2.05) is 30.4 Å². The molecular weight excluding hydrogens is 700 g/mol. The fourth-order valence-corrected chi connectivity index (χ4v) is 5.81. The molecule has 0 amide bonds. The zero-order valence-corrected chi connectivity index (χ0v) is 33.9. The summed E-state index contributed by atoms with van der Waals surface area (Å²) >= 11 is 0. The van der Waals surface area contributed by atoms with Crippen LogP contribution in [0.4, 0.5) is 0 Å². The molecule has 0 spiro atoms. The number of aliphatic hydroxyl groups is 4. The van der Waals surface area contributed by atoms with Gasteiger partial charge in [-0.1, -0.05) is 138 Å². The zero-order valence-electron chi connectivity index (χ0n) is 33.9. The number of rotatable bonds is 33. The van der Waals surface area contributed by atoms with Gasteiger partial charge in [-0.15, -0.1) is 0 Å². The van der Waals surface area contributed by atoms with Crippen molar-refractivity contribution in [2.75, 3.05) is 19.8 Å². The van der Waals surface area contributed by atoms with Crippen molar-refractivity contribution >= 4 is 11.9 Å². The molecule has 0 aromatic heterocycles. The molecule has 314 valence electrons. The van der Waals surface area contributed by atoms with Gasteiger partial charge in [-0.05, 0) is 64.2 Å². The Morgan fingerprint density at radius 3 is 1.80 bits per heavy atom. The second-order valence-corrected chi connectivity index (χ2v) is 14.1. The molecule has 10 nitrogen and oxygen atoms in total. The van der Waals surface area contributed by atoms with Crippen LogP contribution in [0.1, 0.15) is 142 Å². The predicted molar refractivity (Wildman–Crippen MR) is 219 cm³/mol. The Morgan fingerprint density at radius 2 is 1.15 bits per heavy atom. The Hall–Kier alpha value is -2.86. The maximum atomic E-state index is 12.7. The van der Waals surface area contributed by atoms with Crippen molar-refractivity contribution < 1.29 is 49.0 Å². The first-order valence-corrected chi connectivity index (χ1v) is 21.1. The number of hydrogen-bond donors (Lipinski definition) is 4. The van der Waals surface area contributed by atoms with Gasteiger partial charge in [0.1, 0.15) is 31.0 Å². The molecule has 1 fully saturated rings. The largest absolute Gasteiger partial charge is 0.462 e. The Morgan fingerprint density at radius 1 is 0.600 bits per heavy atom. The van der Waals surface area contributed by atoms with E-state index >= 15 is 0 Å². The average molecular weight is 775 g/mol. The standard InChI is InChI=1S/C45H74O10/c1-3-5-7-9-11-13-15-17-19-21-23-25-27-29-31-33-40(47)52-36-38(37-53-45-44(51)43(50)42(49)39(35-46)55-45)54-41(48)34-32-30-28-26-24-22-20-18-16-14-12-10-8-6-4-2/h6,8,10,12,14,16-20,23,25,38-39,42-46,49-51H,3-5,7,9,11,13,15,21-22,24,26-37H2,1-2H3/b8-6+,12-10+,16-14+,19-17+,20-18+,25-23+/t38-,39-,42+,43?,44?,45-/m0/s1. The van der Waals surface area contributed by atoms with E-state index in [0.717, 1.165) is 64.2 Å². The van der Waals surface area contributed by atoms with Gasteiger partial charge in [0.05, 0.1) is 13.2 Å². The van der Waals surface area contributed by atoms with E-state index in [1.54, 1.807) is 0 Å². The van der Waals surface area contributed by atoms with Gasteiger partial charge in [0.15, 0.2) is 12.4 Å². The summed E-state index contributed by atoms with van der Waals surface area (Å²) in [6, 6.07) is 0. The molecule has 55 heavy (non-hydrogen) atoms. The number of esters is 2. The molecule has 0 aromatic carbocycles. The minimum absolute atomic E-state index is 0.193. The van der Waals surface area contributed by atoms with Crippen LogP contribution in [0.5, 0.6) is 0 Å². The Balaban J connectivity index is 2.41. The van der Waals surface area contributed by atoms with Gasteiger partial charge < -0.3 is 39.4 Å². The summed E-state index contributed by atoms with van der Waals surface area (Å²) in [6.07, 6.45) is 36.2. The summed E-state index contributed by atoms with van der Waals surface area (Å²) in [4.78, 5) is 25.2. The first kappa shape index (κ1) is 50.2. The van der Waals surface area contributed by atoms with Crippen molar-refractivity contribution in [3.63, 3.8) is 0 Å². The first-order chi connectivity index (χ1) is 26.8. The van der Waals surface area contributed by atoms with Gasteiger partial charge >= 0.3 is 11.9 Å². The summed E-state index contributed by atoms with van der Waals surface area (Å²) in [5.74, 6) is -0.880. The van der Waals surface area contributed by atoms with E-state index in [9.17, 15) is 30.0 Å². The highest BCUT2D eigenvalue weighted by molar-refractivity contribution is 5.70. The monoisotopic (exact) mass is 775 g/mol. The van der Waals surface area contributed by atoms with Crippen molar-refractivity contribution in [1.29, 1.82) is 0 Å². The van der Waals surface area contributed by atoms with Crippen LogP contribution in [-0.2, 0) is 28.5 Å². The number of carbonyl (C=O) groups is 2. The van der Waals surface area contributed by atoms with E-state index in [4.69, 9.17) is 18.9 Å². The lowest BCUT2D eigenvalue weighted by Gasteiger charge is -2.39. The van der Waals surface area contributed by atoms with Crippen LogP contribution in [0.15, 0.2) is 72.9 Å². The van der Waals surface area contributed by atoms with E-state index in [-0.39, 0.29) is 26.1 Å². The van der Waals surface area contributed by atoms with Crippen molar-refractivity contribution in [2.24, 2.45) is 0 Å². The maximum absolute atomic E-state index is 12.7. The third-order valence-corrected chi connectivity index (χ3v) is 9.17. The molecule has 10 heteroatoms. The maximum Gasteiger partial charge on any atom is 0.306 e. The highest BCUT2D eigenvalue weighted by Gasteiger charge is 2.44. The molecule has 0 aromatic rings. The number of hydrogen-bond acceptors (Lipinski definition) is 10. The molecule has 4 N–H and O–H groups in total. The first-order valence-electron chi connectivity index (χ1n) is 21.1. The smallest absolute Gasteiger partial charge is 0.306 e. The topological polar surface area (TPSA) is 152 Å². The van der Waals surface area contributed by atoms with Crippen LogP contribution < -0.4 is 0 Å². The van der Waals surface area contributed by atoms with Crippen LogP contribution >= 0.6 is 0 Å². The van der Waals surface area contributed by atoms with Crippen molar-refractivity contribution in [3.8, 4) is 0 Å². The number of ether oxygens (including phenoxy) is 4. The minimum atomic E-state index is -1.61. The van der Waals surface area contributed by atoms with Crippen molar-refractivity contribution in [2.45, 2.75) is 179 Å². The number of allylic oxidation sites excluding steroid dienone is 12. The summed E-state index contributed by atoms with van der Waals surface area (Å²) < 4.78 is 22.1. The summed E-state index contributed by atoms with van der Waals surface area (Å²) in [5, 5.41) is 40.0. The van der Waals surface area contributed by atoms with Gasteiger partial charge in [0.25, 0.3) is 0 Å². The number of aliphatic hydroxyl groups excluding tert-OH is 4. The summed E-state index contributed by atoms with van der Waals surface area (Å²) in [6.45, 7) is 3.19. The highest BCUT2D eigenvalue weighted by Crippen LogP contribution is 2.22. The van der Waals surface area contributed by atoms with Crippen molar-refractivity contribution in [1.82, 2.24) is 0 Å². The summed E-state index contributed by atoms with van der Waals surface area (Å²) in [7, 11) is 0. The molecule has 0 radical (unpaired) electrons. The molecule has 1 aliphatic heterocycles. The van der Waals surface area contributed by atoms with Gasteiger partial charge in [0, 0.05) is 12.8 Å². The van der Waals surface area contributed by atoms with E-state index in [2.05, 4.69) is 56.4 Å². The average Bonchev–Trinajstić information content (AvgIpc) is 3.18. The quantitative estimate of drug-likeness (QED) is 0.0221. The van der Waals surface area contributed by atoms with Crippen LogP contribution in [0.3, 0.4) is 0 Å². The molecule has 6 atom stereocenters. The van der Waals surface area contributed by atoms with Gasteiger partial charge in [-0.2, -0.15) is 0 Å². The van der Waals surface area contributed by atoms with E-state index < -0.39 is 55.4 Å². The molecule has 1 saturated heterocycles. The third kappa shape index (κ3) is 27.4. The predicted octanol–water partition coefficient (Wildman–Crippen LogP) is 8.44. The normalized spacial score (nSPS) is 21.3. The molecule has 2 unspecified atom stereocenters. The Labute approximate surface area is 332 Å². The van der Waals surface area contributed by atoms with Gasteiger partial charge in [-0.25, -0.2) is 0 Å². The van der Waals surface area contributed by atoms with E-state index in [0.29, 0.717) is 12.8 Å². The lowest BCUT2D eigenvalue weighted by Crippen LogP contribution is -2.59. The van der Waals surface area contributed by atoms with Crippen LogP contribution in [0, 0.1) is 0 Å². The van der Waals surface area contributed by atoms with E-state index in [1.165, 1.54) is 38.5 Å². The Bertz CT molecular complexity index is 1120. The van der Waals surface area contributed by atoms with Gasteiger partial charge in [0.2, 0.25) is 0 Å². The zero-order chi connectivity index (χ0) is 40.2. The van der Waals surface area contributed by atoms with Gasteiger partial charge in [-0.3, -0.25) is 9.59 Å². The molecule has 1 rings (SSSR count). The molecule has 0 saturated carbocycles.